The third kappa shape index (κ3) is 6.45. The van der Waals surface area contributed by atoms with Crippen molar-refractivity contribution >= 4 is 11.9 Å². The molecular formula is C16H29NO6. The maximum Gasteiger partial charge on any atom is 0.311 e. The second-order valence-corrected chi connectivity index (χ2v) is 6.91. The molecule has 0 aromatic heterocycles. The topological polar surface area (TPSA) is 83.1 Å². The molecule has 0 spiro atoms. The summed E-state index contributed by atoms with van der Waals surface area (Å²) in [6.07, 6.45) is 1.08. The molecule has 134 valence electrons. The maximum atomic E-state index is 11.7. The van der Waals surface area contributed by atoms with Crippen molar-refractivity contribution in [3.05, 3.63) is 0 Å². The molecule has 0 amide bonds. The van der Waals surface area contributed by atoms with Crippen molar-refractivity contribution in [1.29, 1.82) is 0 Å². The first-order valence-corrected chi connectivity index (χ1v) is 8.03. The van der Waals surface area contributed by atoms with Gasteiger partial charge in [0, 0.05) is 12.5 Å². The average Bonchev–Trinajstić information content (AvgIpc) is 2.93. The summed E-state index contributed by atoms with van der Waals surface area (Å²) < 4.78 is 10.1. The Morgan fingerprint density at radius 3 is 2.61 bits per heavy atom. The highest BCUT2D eigenvalue weighted by molar-refractivity contribution is 5.75. The van der Waals surface area contributed by atoms with Gasteiger partial charge in [-0.25, -0.2) is 9.78 Å². The number of hydrogen-bond acceptors (Lipinski definition) is 7. The molecule has 0 radical (unpaired) electrons. The summed E-state index contributed by atoms with van der Waals surface area (Å²) in [5.74, 6) is -0.431. The number of rotatable bonds is 10. The van der Waals surface area contributed by atoms with Crippen LogP contribution in [0.2, 0.25) is 0 Å². The highest BCUT2D eigenvalue weighted by Crippen LogP contribution is 2.29. The molecule has 0 aliphatic carbocycles. The minimum Gasteiger partial charge on any atom is -0.465 e. The molecule has 1 aliphatic heterocycles. The molecule has 0 bridgehead atoms. The van der Waals surface area contributed by atoms with E-state index in [-0.39, 0.29) is 31.2 Å². The number of carbonyl (C=O) groups excluding carboxylic acids is 2. The van der Waals surface area contributed by atoms with Gasteiger partial charge in [-0.3, -0.25) is 14.9 Å². The summed E-state index contributed by atoms with van der Waals surface area (Å²) in [6.45, 7) is 10.7. The van der Waals surface area contributed by atoms with Crippen molar-refractivity contribution in [2.75, 3.05) is 26.5 Å². The summed E-state index contributed by atoms with van der Waals surface area (Å²) in [5, 5.41) is 2.96. The average molecular weight is 331 g/mol. The van der Waals surface area contributed by atoms with Crippen LogP contribution in [0.3, 0.4) is 0 Å². The number of nitrogens with one attached hydrogen (secondary N) is 1. The van der Waals surface area contributed by atoms with Gasteiger partial charge in [0.25, 0.3) is 0 Å². The van der Waals surface area contributed by atoms with Gasteiger partial charge in [0.1, 0.15) is 18.9 Å². The van der Waals surface area contributed by atoms with Gasteiger partial charge in [-0.2, -0.15) is 0 Å². The molecule has 1 rings (SSSR count). The van der Waals surface area contributed by atoms with Crippen LogP contribution in [0.25, 0.3) is 0 Å². The van der Waals surface area contributed by atoms with Crippen molar-refractivity contribution in [1.82, 2.24) is 5.32 Å². The van der Waals surface area contributed by atoms with Crippen LogP contribution in [-0.4, -0.2) is 44.0 Å². The van der Waals surface area contributed by atoms with Gasteiger partial charge in [-0.15, -0.1) is 0 Å². The van der Waals surface area contributed by atoms with Gasteiger partial charge >= 0.3 is 11.9 Å². The van der Waals surface area contributed by atoms with Crippen LogP contribution in [0.5, 0.6) is 0 Å². The second-order valence-electron chi connectivity index (χ2n) is 6.91. The van der Waals surface area contributed by atoms with Crippen LogP contribution in [0.4, 0.5) is 0 Å². The molecule has 7 heteroatoms. The molecule has 7 nitrogen and oxygen atoms in total. The lowest BCUT2D eigenvalue weighted by Crippen LogP contribution is -2.36. The van der Waals surface area contributed by atoms with E-state index < -0.39 is 11.0 Å². The first-order chi connectivity index (χ1) is 10.7. The highest BCUT2D eigenvalue weighted by atomic mass is 17.2. The Balaban J connectivity index is 2.09. The van der Waals surface area contributed by atoms with Gasteiger partial charge in [-0.1, -0.05) is 6.92 Å². The van der Waals surface area contributed by atoms with Gasteiger partial charge in [0.05, 0.1) is 18.4 Å². The van der Waals surface area contributed by atoms with Crippen LogP contribution in [0.1, 0.15) is 47.5 Å². The minimum atomic E-state index is -0.606. The molecule has 1 aliphatic rings. The fraction of sp³-hybridized carbons (Fsp3) is 0.875. The largest absolute Gasteiger partial charge is 0.465 e. The van der Waals surface area contributed by atoms with E-state index >= 15 is 0 Å². The molecule has 1 heterocycles. The zero-order valence-corrected chi connectivity index (χ0v) is 14.8. The Kier molecular flexibility index (Phi) is 7.44. The van der Waals surface area contributed by atoms with Crippen LogP contribution in [0.15, 0.2) is 0 Å². The summed E-state index contributed by atoms with van der Waals surface area (Å²) in [4.78, 5) is 33.3. The van der Waals surface area contributed by atoms with Gasteiger partial charge in [0.2, 0.25) is 0 Å². The van der Waals surface area contributed by atoms with Crippen molar-refractivity contribution in [3.8, 4) is 0 Å². The molecule has 1 atom stereocenters. The summed E-state index contributed by atoms with van der Waals surface area (Å²) in [7, 11) is 0. The van der Waals surface area contributed by atoms with Crippen molar-refractivity contribution in [3.63, 3.8) is 0 Å². The first-order valence-electron chi connectivity index (χ1n) is 8.03. The Morgan fingerprint density at radius 1 is 1.35 bits per heavy atom. The zero-order valence-electron chi connectivity index (χ0n) is 14.8. The lowest BCUT2D eigenvalue weighted by molar-refractivity contribution is -0.367. The molecule has 1 N–H and O–H groups in total. The monoisotopic (exact) mass is 331 g/mol. The molecule has 23 heavy (non-hydrogen) atoms. The smallest absolute Gasteiger partial charge is 0.311 e. The molecule has 0 aromatic rings. The lowest BCUT2D eigenvalue weighted by Gasteiger charge is -2.28. The lowest BCUT2D eigenvalue weighted by atomic mass is 9.90. The Hall–Kier alpha value is -1.18. The number of cyclic esters (lactones) is 1. The number of esters is 2. The Labute approximate surface area is 137 Å². The molecule has 0 aromatic carbocycles. The molecule has 1 fully saturated rings. The van der Waals surface area contributed by atoms with Crippen LogP contribution in [0, 0.1) is 11.3 Å². The fourth-order valence-electron chi connectivity index (χ4n) is 1.88. The van der Waals surface area contributed by atoms with E-state index in [1.54, 1.807) is 0 Å². The quantitative estimate of drug-likeness (QED) is 0.215. The number of ether oxygens (including phenoxy) is 2. The third-order valence-electron chi connectivity index (χ3n) is 4.22. The van der Waals surface area contributed by atoms with E-state index in [9.17, 15) is 9.59 Å². The number of carbonyl (C=O) groups is 2. The van der Waals surface area contributed by atoms with E-state index in [1.165, 1.54) is 0 Å². The number of hydrogen-bond donors (Lipinski definition) is 1. The molecule has 0 saturated carbocycles. The molecular weight excluding hydrogens is 302 g/mol. The van der Waals surface area contributed by atoms with E-state index in [0.717, 1.165) is 6.42 Å². The zero-order chi connectivity index (χ0) is 17.5. The van der Waals surface area contributed by atoms with E-state index in [0.29, 0.717) is 19.6 Å². The van der Waals surface area contributed by atoms with Gasteiger partial charge < -0.3 is 9.47 Å². The third-order valence-corrected chi connectivity index (χ3v) is 4.22. The summed E-state index contributed by atoms with van der Waals surface area (Å²) in [6, 6.07) is 0. The summed E-state index contributed by atoms with van der Waals surface area (Å²) in [5.41, 5.74) is -1.06. The van der Waals surface area contributed by atoms with Crippen LogP contribution in [-0.2, 0) is 28.8 Å². The van der Waals surface area contributed by atoms with Gasteiger partial charge in [0.15, 0.2) is 0 Å². The van der Waals surface area contributed by atoms with Crippen LogP contribution < -0.4 is 5.32 Å². The first kappa shape index (κ1) is 19.9. The van der Waals surface area contributed by atoms with E-state index in [2.05, 4.69) is 5.32 Å². The Morgan fingerprint density at radius 2 is 2.04 bits per heavy atom. The SMILES string of the molecule is CCC(C)(C)C(=O)OCCNCOOC(C)(C)C1COC(=O)C1. The molecule has 1 saturated heterocycles. The molecule has 1 unspecified atom stereocenters. The second kappa shape index (κ2) is 8.61. The van der Waals surface area contributed by atoms with Gasteiger partial charge in [-0.05, 0) is 34.1 Å². The maximum absolute atomic E-state index is 11.7. The van der Waals surface area contributed by atoms with E-state index in [1.807, 2.05) is 34.6 Å². The fourth-order valence-corrected chi connectivity index (χ4v) is 1.88. The predicted octanol–water partition coefficient (Wildman–Crippen LogP) is 1.80. The van der Waals surface area contributed by atoms with Crippen molar-refractivity contribution < 1.29 is 28.8 Å². The predicted molar refractivity (Wildman–Crippen MR) is 83.2 cm³/mol. The Bertz CT molecular complexity index is 407. The minimum absolute atomic E-state index is 0.0211. The van der Waals surface area contributed by atoms with Crippen molar-refractivity contribution in [2.24, 2.45) is 11.3 Å². The van der Waals surface area contributed by atoms with Crippen molar-refractivity contribution in [2.45, 2.75) is 53.1 Å². The highest BCUT2D eigenvalue weighted by Gasteiger charge is 2.38. The van der Waals surface area contributed by atoms with E-state index in [4.69, 9.17) is 19.2 Å². The summed E-state index contributed by atoms with van der Waals surface area (Å²) >= 11 is 0. The van der Waals surface area contributed by atoms with Crippen LogP contribution >= 0.6 is 0 Å². The standard InChI is InChI=1S/C16H29NO6/c1-6-15(2,3)14(19)20-8-7-17-11-22-23-16(4,5)12-9-13(18)21-10-12/h12,17H,6-11H2,1-5H3. The normalized spacial score (nSPS) is 18.8.